The molecule has 8 heteroatoms. The third kappa shape index (κ3) is 4.28. The van der Waals surface area contributed by atoms with Gasteiger partial charge in [0.15, 0.2) is 11.5 Å². The number of nitrogens with one attached hydrogen (secondary N) is 2. The second-order valence-electron chi connectivity index (χ2n) is 5.99. The van der Waals surface area contributed by atoms with Crippen LogP contribution in [-0.4, -0.2) is 55.7 Å². The molecule has 2 N–H and O–H groups in total. The van der Waals surface area contributed by atoms with Crippen LogP contribution in [0.1, 0.15) is 21.0 Å². The molecule has 2 amide bonds. The molecule has 0 unspecified atom stereocenters. The lowest BCUT2D eigenvalue weighted by atomic mass is 10.2. The van der Waals surface area contributed by atoms with Gasteiger partial charge in [-0.15, -0.1) is 0 Å². The first-order valence-electron chi connectivity index (χ1n) is 8.14. The molecule has 0 radical (unpaired) electrons. The van der Waals surface area contributed by atoms with Crippen molar-refractivity contribution in [1.29, 1.82) is 0 Å². The van der Waals surface area contributed by atoms with E-state index in [0.29, 0.717) is 23.7 Å². The van der Waals surface area contributed by atoms with Gasteiger partial charge in [0.25, 0.3) is 11.8 Å². The smallest absolute Gasteiger partial charge is 0.274 e. The number of rotatable bonds is 6. The average Bonchev–Trinajstić information content (AvgIpc) is 3.09. The first-order chi connectivity index (χ1) is 12.5. The van der Waals surface area contributed by atoms with E-state index in [1.54, 1.807) is 36.4 Å². The normalized spacial score (nSPS) is 12.1. The van der Waals surface area contributed by atoms with Crippen LogP contribution in [0.4, 0.5) is 5.69 Å². The first kappa shape index (κ1) is 17.7. The Morgan fingerprint density at radius 3 is 2.58 bits per heavy atom. The monoisotopic (exact) mass is 356 g/mol. The largest absolute Gasteiger partial charge is 0.454 e. The summed E-state index contributed by atoms with van der Waals surface area (Å²) in [6.07, 6.45) is 0. The number of carbonyl (C=O) groups is 2. The van der Waals surface area contributed by atoms with E-state index >= 15 is 0 Å². The summed E-state index contributed by atoms with van der Waals surface area (Å²) in [7, 11) is 3.84. The third-order valence-corrected chi connectivity index (χ3v) is 3.69. The number of anilines is 1. The van der Waals surface area contributed by atoms with E-state index in [1.165, 1.54) is 0 Å². The summed E-state index contributed by atoms with van der Waals surface area (Å²) in [6, 6.07) is 9.87. The van der Waals surface area contributed by atoms with Crippen LogP contribution in [0.2, 0.25) is 0 Å². The van der Waals surface area contributed by atoms with Crippen LogP contribution in [-0.2, 0) is 0 Å². The molecule has 1 aromatic carbocycles. The molecule has 0 aliphatic carbocycles. The quantitative estimate of drug-likeness (QED) is 0.812. The number of ether oxygens (including phenoxy) is 2. The Hall–Kier alpha value is -3.13. The van der Waals surface area contributed by atoms with Crippen molar-refractivity contribution in [1.82, 2.24) is 15.2 Å². The van der Waals surface area contributed by atoms with Crippen molar-refractivity contribution in [3.8, 4) is 11.5 Å². The van der Waals surface area contributed by atoms with Crippen LogP contribution in [0.25, 0.3) is 0 Å². The second kappa shape index (κ2) is 7.83. The minimum Gasteiger partial charge on any atom is -0.454 e. The molecule has 0 fully saturated rings. The van der Waals surface area contributed by atoms with Crippen LogP contribution < -0.4 is 20.1 Å². The highest BCUT2D eigenvalue weighted by atomic mass is 16.7. The molecule has 0 spiro atoms. The number of nitrogens with zero attached hydrogens (tertiary/aromatic N) is 2. The predicted molar refractivity (Wildman–Crippen MR) is 95.6 cm³/mol. The fourth-order valence-corrected chi connectivity index (χ4v) is 2.34. The molecule has 2 aromatic rings. The van der Waals surface area contributed by atoms with Crippen LogP contribution in [0.3, 0.4) is 0 Å². The molecule has 1 aliphatic rings. The maximum absolute atomic E-state index is 12.4. The van der Waals surface area contributed by atoms with Gasteiger partial charge < -0.3 is 25.0 Å². The van der Waals surface area contributed by atoms with Crippen LogP contribution in [0.5, 0.6) is 11.5 Å². The standard InChI is InChI=1S/C18H20N4O4/c1-22(2)9-8-19-17(23)13-4-3-5-14(21-13)18(24)20-12-6-7-15-16(10-12)26-11-25-15/h3-7,10H,8-9,11H2,1-2H3,(H,19,23)(H,20,24). The number of fused-ring (bicyclic) bond motifs is 1. The number of carbonyl (C=O) groups excluding carboxylic acids is 2. The number of hydrogen-bond acceptors (Lipinski definition) is 6. The van der Waals surface area contributed by atoms with Crippen molar-refractivity contribution >= 4 is 17.5 Å². The van der Waals surface area contributed by atoms with E-state index in [4.69, 9.17) is 9.47 Å². The molecule has 2 heterocycles. The molecule has 8 nitrogen and oxygen atoms in total. The average molecular weight is 356 g/mol. The van der Waals surface area contributed by atoms with Gasteiger partial charge in [0.2, 0.25) is 6.79 Å². The van der Waals surface area contributed by atoms with E-state index in [1.807, 2.05) is 19.0 Å². The van der Waals surface area contributed by atoms with Crippen molar-refractivity contribution in [3.05, 3.63) is 47.8 Å². The molecule has 1 aliphatic heterocycles. The van der Waals surface area contributed by atoms with Crippen molar-refractivity contribution in [2.45, 2.75) is 0 Å². The number of likely N-dealkylation sites (N-methyl/N-ethyl adjacent to an activating group) is 1. The summed E-state index contributed by atoms with van der Waals surface area (Å²) in [6.45, 7) is 1.39. The number of aromatic nitrogens is 1. The number of pyridine rings is 1. The zero-order valence-corrected chi connectivity index (χ0v) is 14.6. The minimum atomic E-state index is -0.410. The van der Waals surface area contributed by atoms with Crippen molar-refractivity contribution in [3.63, 3.8) is 0 Å². The second-order valence-corrected chi connectivity index (χ2v) is 5.99. The van der Waals surface area contributed by atoms with E-state index in [0.717, 1.165) is 6.54 Å². The molecule has 136 valence electrons. The Balaban J connectivity index is 1.65. The lowest BCUT2D eigenvalue weighted by molar-refractivity contribution is 0.0946. The van der Waals surface area contributed by atoms with Gasteiger partial charge >= 0.3 is 0 Å². The molecule has 0 bridgehead atoms. The molecular weight excluding hydrogens is 336 g/mol. The zero-order valence-electron chi connectivity index (χ0n) is 14.6. The van der Waals surface area contributed by atoms with Crippen molar-refractivity contribution in [2.24, 2.45) is 0 Å². The van der Waals surface area contributed by atoms with E-state index in [2.05, 4.69) is 15.6 Å². The van der Waals surface area contributed by atoms with Gasteiger partial charge in [-0.2, -0.15) is 0 Å². The summed E-state index contributed by atoms with van der Waals surface area (Å²) < 4.78 is 10.5. The highest BCUT2D eigenvalue weighted by Crippen LogP contribution is 2.34. The Morgan fingerprint density at radius 2 is 1.81 bits per heavy atom. The number of benzene rings is 1. The summed E-state index contributed by atoms with van der Waals surface area (Å²) in [5, 5.41) is 5.51. The fourth-order valence-electron chi connectivity index (χ4n) is 2.34. The molecule has 26 heavy (non-hydrogen) atoms. The summed E-state index contributed by atoms with van der Waals surface area (Å²) in [4.78, 5) is 30.6. The highest BCUT2D eigenvalue weighted by molar-refractivity contribution is 6.04. The Bertz CT molecular complexity index is 823. The molecule has 0 atom stereocenters. The Morgan fingerprint density at radius 1 is 1.08 bits per heavy atom. The highest BCUT2D eigenvalue weighted by Gasteiger charge is 2.16. The summed E-state index contributed by atoms with van der Waals surface area (Å²) in [5.74, 6) is 0.485. The van der Waals surface area contributed by atoms with E-state index in [9.17, 15) is 9.59 Å². The fraction of sp³-hybridized carbons (Fsp3) is 0.278. The molecule has 0 saturated heterocycles. The number of amides is 2. The molecule has 3 rings (SSSR count). The maximum atomic E-state index is 12.4. The summed E-state index contributed by atoms with van der Waals surface area (Å²) >= 11 is 0. The van der Waals surface area contributed by atoms with Crippen molar-refractivity contribution < 1.29 is 19.1 Å². The van der Waals surface area contributed by atoms with Gasteiger partial charge in [-0.25, -0.2) is 4.98 Å². The van der Waals surface area contributed by atoms with E-state index < -0.39 is 5.91 Å². The third-order valence-electron chi connectivity index (χ3n) is 3.69. The number of hydrogen-bond donors (Lipinski definition) is 2. The molecular formula is C18H20N4O4. The van der Waals surface area contributed by atoms with Crippen LogP contribution in [0, 0.1) is 0 Å². The van der Waals surface area contributed by atoms with Crippen LogP contribution >= 0.6 is 0 Å². The van der Waals surface area contributed by atoms with Gasteiger partial charge in [-0.3, -0.25) is 9.59 Å². The topological polar surface area (TPSA) is 92.8 Å². The Labute approximate surface area is 151 Å². The lowest BCUT2D eigenvalue weighted by Gasteiger charge is -2.10. The van der Waals surface area contributed by atoms with Gasteiger partial charge in [0.1, 0.15) is 11.4 Å². The first-order valence-corrected chi connectivity index (χ1v) is 8.14. The van der Waals surface area contributed by atoms with E-state index in [-0.39, 0.29) is 24.1 Å². The Kier molecular flexibility index (Phi) is 5.33. The molecule has 0 saturated carbocycles. The predicted octanol–water partition coefficient (Wildman–Crippen LogP) is 1.35. The van der Waals surface area contributed by atoms with Gasteiger partial charge in [-0.1, -0.05) is 6.07 Å². The molecule has 1 aromatic heterocycles. The van der Waals surface area contributed by atoms with Gasteiger partial charge in [0, 0.05) is 24.8 Å². The maximum Gasteiger partial charge on any atom is 0.274 e. The van der Waals surface area contributed by atoms with Gasteiger partial charge in [0.05, 0.1) is 0 Å². The SMILES string of the molecule is CN(C)CCNC(=O)c1cccc(C(=O)Nc2ccc3c(c2)OCO3)n1. The minimum absolute atomic E-state index is 0.155. The summed E-state index contributed by atoms with van der Waals surface area (Å²) in [5.41, 5.74) is 0.909. The zero-order chi connectivity index (χ0) is 18.5. The lowest BCUT2D eigenvalue weighted by Crippen LogP contribution is -2.32. The van der Waals surface area contributed by atoms with Crippen molar-refractivity contribution in [2.75, 3.05) is 39.3 Å². The van der Waals surface area contributed by atoms with Crippen LogP contribution in [0.15, 0.2) is 36.4 Å². The van der Waals surface area contributed by atoms with Gasteiger partial charge in [-0.05, 0) is 38.4 Å².